The van der Waals surface area contributed by atoms with Crippen LogP contribution >= 0.6 is 0 Å². The highest BCUT2D eigenvalue weighted by atomic mass is 32.2. The normalized spacial score (nSPS) is 13.7. The van der Waals surface area contributed by atoms with Crippen LogP contribution in [0.25, 0.3) is 5.65 Å². The minimum atomic E-state index is -3.47. The minimum absolute atomic E-state index is 0.111. The summed E-state index contributed by atoms with van der Waals surface area (Å²) in [6.07, 6.45) is 3.34. The molecule has 0 amide bonds. The quantitative estimate of drug-likeness (QED) is 0.826. The van der Waals surface area contributed by atoms with Gasteiger partial charge in [0.15, 0.2) is 5.65 Å². The summed E-state index contributed by atoms with van der Waals surface area (Å²) in [5.74, 6) is 0.113. The van der Waals surface area contributed by atoms with Crippen molar-refractivity contribution < 1.29 is 13.2 Å². The molecule has 0 fully saturated rings. The highest BCUT2D eigenvalue weighted by Crippen LogP contribution is 2.09. The lowest BCUT2D eigenvalue weighted by Gasteiger charge is -2.11. The van der Waals surface area contributed by atoms with Crippen LogP contribution in [-0.4, -0.2) is 35.4 Å². The molecule has 2 rings (SSSR count). The summed E-state index contributed by atoms with van der Waals surface area (Å²) < 4.78 is 28.8. The van der Waals surface area contributed by atoms with Gasteiger partial charge < -0.3 is 4.74 Å². The van der Waals surface area contributed by atoms with Crippen LogP contribution in [0.1, 0.15) is 6.92 Å². The van der Waals surface area contributed by atoms with Crippen molar-refractivity contribution in [3.8, 4) is 5.88 Å². The Morgan fingerprint density at radius 1 is 1.50 bits per heavy atom. The van der Waals surface area contributed by atoms with E-state index in [-0.39, 0.29) is 18.3 Å². The van der Waals surface area contributed by atoms with E-state index in [1.165, 1.54) is 0 Å². The number of hydrogen-bond acceptors (Lipinski definition) is 5. The first kappa shape index (κ1) is 12.8. The van der Waals surface area contributed by atoms with Gasteiger partial charge in [0.2, 0.25) is 15.9 Å². The van der Waals surface area contributed by atoms with Crippen LogP contribution in [0, 0.1) is 5.92 Å². The largest absolute Gasteiger partial charge is 0.476 e. The number of aromatic nitrogens is 3. The van der Waals surface area contributed by atoms with E-state index in [1.54, 1.807) is 36.0 Å². The fraction of sp³-hybridized carbons (Fsp3) is 0.400. The van der Waals surface area contributed by atoms with Crippen molar-refractivity contribution in [3.05, 3.63) is 24.5 Å². The van der Waals surface area contributed by atoms with E-state index in [1.807, 2.05) is 0 Å². The van der Waals surface area contributed by atoms with Gasteiger partial charge in [-0.05, 0) is 6.07 Å². The van der Waals surface area contributed by atoms with Crippen molar-refractivity contribution in [1.29, 1.82) is 0 Å². The number of primary sulfonamides is 1. The maximum atomic E-state index is 10.9. The van der Waals surface area contributed by atoms with Crippen molar-refractivity contribution in [2.45, 2.75) is 6.92 Å². The van der Waals surface area contributed by atoms with Crippen molar-refractivity contribution in [1.82, 2.24) is 14.6 Å². The van der Waals surface area contributed by atoms with Crippen LogP contribution in [0.2, 0.25) is 0 Å². The number of ether oxygens (including phenoxy) is 1. The number of hydrogen-bond donors (Lipinski definition) is 1. The average molecular weight is 270 g/mol. The second-order valence-electron chi connectivity index (χ2n) is 4.15. The zero-order valence-corrected chi connectivity index (χ0v) is 10.7. The second-order valence-corrected chi connectivity index (χ2v) is 5.81. The molecule has 98 valence electrons. The minimum Gasteiger partial charge on any atom is -0.476 e. The van der Waals surface area contributed by atoms with E-state index in [9.17, 15) is 8.42 Å². The van der Waals surface area contributed by atoms with Gasteiger partial charge in [-0.2, -0.15) is 0 Å². The molecule has 8 heteroatoms. The molecule has 0 aliphatic rings. The number of imidazole rings is 1. The van der Waals surface area contributed by atoms with Crippen LogP contribution < -0.4 is 9.88 Å². The molecule has 0 aromatic carbocycles. The first-order valence-corrected chi connectivity index (χ1v) is 7.09. The fourth-order valence-electron chi connectivity index (χ4n) is 1.55. The molecule has 18 heavy (non-hydrogen) atoms. The van der Waals surface area contributed by atoms with E-state index in [2.05, 4.69) is 10.1 Å². The van der Waals surface area contributed by atoms with Crippen LogP contribution in [0.5, 0.6) is 5.88 Å². The lowest BCUT2D eigenvalue weighted by Crippen LogP contribution is -2.25. The number of rotatable bonds is 5. The maximum absolute atomic E-state index is 10.9. The summed E-state index contributed by atoms with van der Waals surface area (Å²) >= 11 is 0. The van der Waals surface area contributed by atoms with Gasteiger partial charge >= 0.3 is 0 Å². The van der Waals surface area contributed by atoms with Gasteiger partial charge in [0.05, 0.1) is 12.4 Å². The average Bonchev–Trinajstić information content (AvgIpc) is 2.71. The standard InChI is InChI=1S/C10H14N4O3S/c1-8(7-18(11,15)16)6-17-10-3-2-9-12-4-5-14(9)13-10/h2-5,8H,6-7H2,1H3,(H2,11,15,16)/t8-/m1/s1. The van der Waals surface area contributed by atoms with E-state index in [0.717, 1.165) is 5.65 Å². The van der Waals surface area contributed by atoms with Gasteiger partial charge in [0, 0.05) is 24.4 Å². The third-order valence-electron chi connectivity index (χ3n) is 2.26. The van der Waals surface area contributed by atoms with Crippen molar-refractivity contribution in [2.75, 3.05) is 12.4 Å². The van der Waals surface area contributed by atoms with Crippen LogP contribution in [0.4, 0.5) is 0 Å². The zero-order chi connectivity index (χ0) is 13.2. The van der Waals surface area contributed by atoms with E-state index >= 15 is 0 Å². The van der Waals surface area contributed by atoms with Crippen molar-refractivity contribution in [2.24, 2.45) is 11.1 Å². The molecule has 0 saturated carbocycles. The van der Waals surface area contributed by atoms with Crippen LogP contribution in [0.15, 0.2) is 24.5 Å². The first-order chi connectivity index (χ1) is 8.44. The van der Waals surface area contributed by atoms with E-state index in [0.29, 0.717) is 5.88 Å². The monoisotopic (exact) mass is 270 g/mol. The fourth-order valence-corrected chi connectivity index (χ4v) is 2.44. The van der Waals surface area contributed by atoms with Gasteiger partial charge in [-0.1, -0.05) is 6.92 Å². The summed E-state index contributed by atoms with van der Waals surface area (Å²) in [5, 5.41) is 9.11. The molecule has 0 saturated heterocycles. The Morgan fingerprint density at radius 3 is 3.00 bits per heavy atom. The Hall–Kier alpha value is -1.67. The molecule has 2 N–H and O–H groups in total. The van der Waals surface area contributed by atoms with Gasteiger partial charge in [0.1, 0.15) is 0 Å². The van der Waals surface area contributed by atoms with E-state index < -0.39 is 10.0 Å². The molecule has 0 aliphatic heterocycles. The molecule has 7 nitrogen and oxygen atoms in total. The Morgan fingerprint density at radius 2 is 2.28 bits per heavy atom. The van der Waals surface area contributed by atoms with Crippen LogP contribution in [-0.2, 0) is 10.0 Å². The predicted octanol–water partition coefficient (Wildman–Crippen LogP) is 0.0327. The summed E-state index contributed by atoms with van der Waals surface area (Å²) in [6, 6.07) is 3.46. The molecular weight excluding hydrogens is 256 g/mol. The number of fused-ring (bicyclic) bond motifs is 1. The Labute approximate surface area is 105 Å². The Kier molecular flexibility index (Phi) is 3.48. The zero-order valence-electron chi connectivity index (χ0n) is 9.85. The van der Waals surface area contributed by atoms with Gasteiger partial charge in [-0.3, -0.25) is 0 Å². The molecule has 2 aromatic rings. The highest BCUT2D eigenvalue weighted by molar-refractivity contribution is 7.89. The molecule has 0 spiro atoms. The predicted molar refractivity (Wildman–Crippen MR) is 65.6 cm³/mol. The summed E-state index contributed by atoms with van der Waals surface area (Å²) in [4.78, 5) is 4.05. The van der Waals surface area contributed by atoms with Crippen molar-refractivity contribution in [3.63, 3.8) is 0 Å². The van der Waals surface area contributed by atoms with Gasteiger partial charge in [-0.15, -0.1) is 5.10 Å². The van der Waals surface area contributed by atoms with E-state index in [4.69, 9.17) is 9.88 Å². The molecule has 0 bridgehead atoms. The third kappa shape index (κ3) is 3.41. The Bertz CT molecular complexity index is 637. The molecule has 2 heterocycles. The van der Waals surface area contributed by atoms with Crippen LogP contribution in [0.3, 0.4) is 0 Å². The highest BCUT2D eigenvalue weighted by Gasteiger charge is 2.12. The summed E-state index contributed by atoms with van der Waals surface area (Å²) in [7, 11) is -3.47. The number of nitrogens with zero attached hydrogens (tertiary/aromatic N) is 3. The summed E-state index contributed by atoms with van der Waals surface area (Å²) in [6.45, 7) is 1.99. The van der Waals surface area contributed by atoms with Gasteiger partial charge in [-0.25, -0.2) is 23.1 Å². The third-order valence-corrected chi connectivity index (χ3v) is 3.30. The topological polar surface area (TPSA) is 99.6 Å². The summed E-state index contributed by atoms with van der Waals surface area (Å²) in [5.41, 5.74) is 0.722. The molecule has 1 atom stereocenters. The molecule has 0 radical (unpaired) electrons. The molecular formula is C10H14N4O3S. The Balaban J connectivity index is 1.97. The first-order valence-electron chi connectivity index (χ1n) is 5.38. The number of sulfonamides is 1. The lowest BCUT2D eigenvalue weighted by atomic mass is 10.2. The molecule has 0 aliphatic carbocycles. The second kappa shape index (κ2) is 4.91. The van der Waals surface area contributed by atoms with Gasteiger partial charge in [0.25, 0.3) is 0 Å². The molecule has 0 unspecified atom stereocenters. The maximum Gasteiger partial charge on any atom is 0.231 e. The smallest absolute Gasteiger partial charge is 0.231 e. The number of nitrogens with two attached hydrogens (primary N) is 1. The molecule has 2 aromatic heterocycles. The van der Waals surface area contributed by atoms with Crippen molar-refractivity contribution >= 4 is 15.7 Å². The SMILES string of the molecule is C[C@H](COc1ccc2nccn2n1)CS(N)(=O)=O. The lowest BCUT2D eigenvalue weighted by molar-refractivity contribution is 0.258.